The Kier molecular flexibility index (Phi) is 3.65. The summed E-state index contributed by atoms with van der Waals surface area (Å²) in [4.78, 5) is 10.0. The van der Waals surface area contributed by atoms with Gasteiger partial charge in [-0.05, 0) is 6.42 Å². The van der Waals surface area contributed by atoms with Gasteiger partial charge in [-0.3, -0.25) is 10.1 Å². The number of rotatable bonds is 4. The first-order chi connectivity index (χ1) is 6.90. The molecule has 5 nitrogen and oxygen atoms in total. The molecule has 15 heavy (non-hydrogen) atoms. The van der Waals surface area contributed by atoms with Crippen LogP contribution in [0.1, 0.15) is 5.56 Å². The van der Waals surface area contributed by atoms with Gasteiger partial charge in [0.15, 0.2) is 0 Å². The van der Waals surface area contributed by atoms with Crippen LogP contribution >= 0.6 is 10.7 Å². The van der Waals surface area contributed by atoms with E-state index in [4.69, 9.17) is 10.7 Å². The first kappa shape index (κ1) is 11.9. The third-order valence-electron chi connectivity index (χ3n) is 1.80. The number of halogens is 1. The van der Waals surface area contributed by atoms with Crippen molar-refractivity contribution in [1.82, 2.24) is 0 Å². The van der Waals surface area contributed by atoms with E-state index in [1.54, 1.807) is 6.07 Å². The summed E-state index contributed by atoms with van der Waals surface area (Å²) < 4.78 is 21.4. The Morgan fingerprint density at radius 2 is 1.93 bits per heavy atom. The van der Waals surface area contributed by atoms with Gasteiger partial charge in [0.2, 0.25) is 9.05 Å². The first-order valence-corrected chi connectivity index (χ1v) is 6.52. The van der Waals surface area contributed by atoms with Crippen LogP contribution in [0.2, 0.25) is 0 Å². The van der Waals surface area contributed by atoms with Crippen molar-refractivity contribution in [3.8, 4) is 0 Å². The average Bonchev–Trinajstić information content (AvgIpc) is 2.14. The highest BCUT2D eigenvalue weighted by Gasteiger charge is 2.14. The molecule has 0 atom stereocenters. The number of benzene rings is 1. The summed E-state index contributed by atoms with van der Waals surface area (Å²) in [5.41, 5.74) is 0.282. The van der Waals surface area contributed by atoms with Gasteiger partial charge in [-0.15, -0.1) is 0 Å². The summed E-state index contributed by atoms with van der Waals surface area (Å²) in [6.45, 7) is 0. The van der Waals surface area contributed by atoms with Crippen molar-refractivity contribution in [2.24, 2.45) is 0 Å². The summed E-state index contributed by atoms with van der Waals surface area (Å²) in [6, 6.07) is 5.98. The molecule has 82 valence electrons. The smallest absolute Gasteiger partial charge is 0.258 e. The molecule has 0 radical (unpaired) electrons. The van der Waals surface area contributed by atoms with E-state index in [-0.39, 0.29) is 17.9 Å². The minimum absolute atomic E-state index is 0.0446. The van der Waals surface area contributed by atoms with Gasteiger partial charge in [0.25, 0.3) is 5.69 Å². The van der Waals surface area contributed by atoms with Crippen LogP contribution in [-0.4, -0.2) is 19.1 Å². The Morgan fingerprint density at radius 3 is 2.47 bits per heavy atom. The van der Waals surface area contributed by atoms with Crippen molar-refractivity contribution in [3.63, 3.8) is 0 Å². The van der Waals surface area contributed by atoms with Crippen LogP contribution in [0.15, 0.2) is 24.3 Å². The Morgan fingerprint density at radius 1 is 1.33 bits per heavy atom. The monoisotopic (exact) mass is 249 g/mol. The van der Waals surface area contributed by atoms with Crippen LogP contribution < -0.4 is 0 Å². The van der Waals surface area contributed by atoms with Crippen molar-refractivity contribution in [3.05, 3.63) is 39.9 Å². The molecule has 1 aromatic carbocycles. The molecule has 0 spiro atoms. The molecule has 1 rings (SSSR count). The lowest BCUT2D eigenvalue weighted by Crippen LogP contribution is -2.03. The van der Waals surface area contributed by atoms with Gasteiger partial charge in [0, 0.05) is 22.3 Å². The number of nitro groups is 1. The van der Waals surface area contributed by atoms with Crippen molar-refractivity contribution >= 4 is 25.4 Å². The third kappa shape index (κ3) is 3.85. The van der Waals surface area contributed by atoms with E-state index >= 15 is 0 Å². The Balaban J connectivity index is 2.90. The van der Waals surface area contributed by atoms with E-state index in [9.17, 15) is 18.5 Å². The lowest BCUT2D eigenvalue weighted by atomic mass is 10.1. The molecular weight excluding hydrogens is 242 g/mol. The normalized spacial score (nSPS) is 11.3. The van der Waals surface area contributed by atoms with Gasteiger partial charge in [-0.1, -0.05) is 18.2 Å². The van der Waals surface area contributed by atoms with Crippen LogP contribution in [-0.2, 0) is 15.5 Å². The molecule has 0 amide bonds. The van der Waals surface area contributed by atoms with Crippen LogP contribution in [0.5, 0.6) is 0 Å². The highest BCUT2D eigenvalue weighted by atomic mass is 35.7. The molecule has 0 aliphatic heterocycles. The summed E-state index contributed by atoms with van der Waals surface area (Å²) in [6.07, 6.45) is 0.0446. The molecule has 0 saturated heterocycles. The Hall–Kier alpha value is -1.14. The van der Waals surface area contributed by atoms with Gasteiger partial charge in [0.1, 0.15) is 0 Å². The molecule has 0 N–H and O–H groups in total. The maximum absolute atomic E-state index is 10.7. The second-order valence-corrected chi connectivity index (χ2v) is 5.78. The topological polar surface area (TPSA) is 77.3 Å². The van der Waals surface area contributed by atoms with E-state index in [2.05, 4.69) is 0 Å². The van der Waals surface area contributed by atoms with Gasteiger partial charge < -0.3 is 0 Å². The van der Waals surface area contributed by atoms with Crippen LogP contribution in [0.3, 0.4) is 0 Å². The maximum Gasteiger partial charge on any atom is 0.272 e. The summed E-state index contributed by atoms with van der Waals surface area (Å²) in [7, 11) is 1.40. The lowest BCUT2D eigenvalue weighted by molar-refractivity contribution is -0.385. The van der Waals surface area contributed by atoms with Crippen LogP contribution in [0, 0.1) is 10.1 Å². The second-order valence-electron chi connectivity index (χ2n) is 2.88. The fourth-order valence-electron chi connectivity index (χ4n) is 1.13. The summed E-state index contributed by atoms with van der Waals surface area (Å²) in [5, 5.41) is 10.6. The second kappa shape index (κ2) is 4.59. The first-order valence-electron chi connectivity index (χ1n) is 4.05. The molecule has 0 fully saturated rings. The zero-order valence-corrected chi connectivity index (χ0v) is 9.16. The molecule has 0 aliphatic rings. The van der Waals surface area contributed by atoms with E-state index in [1.165, 1.54) is 18.2 Å². The predicted molar refractivity (Wildman–Crippen MR) is 56.4 cm³/mol. The highest BCUT2D eigenvalue weighted by molar-refractivity contribution is 8.13. The zero-order valence-electron chi connectivity index (χ0n) is 7.59. The third-order valence-corrected chi connectivity index (χ3v) is 2.96. The summed E-state index contributed by atoms with van der Waals surface area (Å²) >= 11 is 0. The van der Waals surface area contributed by atoms with Crippen molar-refractivity contribution < 1.29 is 13.3 Å². The molecule has 0 heterocycles. The van der Waals surface area contributed by atoms with Gasteiger partial charge >= 0.3 is 0 Å². The van der Waals surface area contributed by atoms with Crippen LogP contribution in [0.4, 0.5) is 5.69 Å². The molecule has 0 aromatic heterocycles. The van der Waals surface area contributed by atoms with Crippen molar-refractivity contribution in [1.29, 1.82) is 0 Å². The van der Waals surface area contributed by atoms with E-state index in [0.717, 1.165) is 0 Å². The number of hydrogen-bond donors (Lipinski definition) is 0. The molecule has 0 aliphatic carbocycles. The molecule has 7 heteroatoms. The standard InChI is InChI=1S/C8H8ClNO4S/c9-15(13,14)6-5-7-3-1-2-4-8(7)10(11)12/h1-4H,5-6H2. The largest absolute Gasteiger partial charge is 0.272 e. The molecule has 1 aromatic rings. The van der Waals surface area contributed by atoms with Crippen LogP contribution in [0.25, 0.3) is 0 Å². The molecule has 0 saturated carbocycles. The highest BCUT2D eigenvalue weighted by Crippen LogP contribution is 2.18. The SMILES string of the molecule is O=[N+]([O-])c1ccccc1CCS(=O)(=O)Cl. The number of nitro benzene ring substituents is 1. The number of para-hydroxylation sites is 1. The minimum Gasteiger partial charge on any atom is -0.258 e. The quantitative estimate of drug-likeness (QED) is 0.462. The number of aryl methyl sites for hydroxylation is 1. The lowest BCUT2D eigenvalue weighted by Gasteiger charge is -2.00. The van der Waals surface area contributed by atoms with Crippen molar-refractivity contribution in [2.45, 2.75) is 6.42 Å². The van der Waals surface area contributed by atoms with Gasteiger partial charge in [0.05, 0.1) is 10.7 Å². The van der Waals surface area contributed by atoms with E-state index in [0.29, 0.717) is 5.56 Å². The Bertz CT molecular complexity index is 471. The van der Waals surface area contributed by atoms with E-state index in [1.807, 2.05) is 0 Å². The number of nitrogens with zero attached hydrogens (tertiary/aromatic N) is 1. The van der Waals surface area contributed by atoms with E-state index < -0.39 is 14.0 Å². The predicted octanol–water partition coefficient (Wildman–Crippen LogP) is 1.71. The summed E-state index contributed by atoms with van der Waals surface area (Å²) in [5.74, 6) is -0.306. The molecular formula is C8H8ClNO4S. The van der Waals surface area contributed by atoms with Crippen molar-refractivity contribution in [2.75, 3.05) is 5.75 Å². The fourth-order valence-corrected chi connectivity index (χ4v) is 1.83. The van der Waals surface area contributed by atoms with Gasteiger partial charge in [-0.25, -0.2) is 8.42 Å². The Labute approximate surface area is 91.2 Å². The molecule has 0 unspecified atom stereocenters. The zero-order chi connectivity index (χ0) is 11.5. The number of hydrogen-bond acceptors (Lipinski definition) is 4. The molecule has 0 bridgehead atoms. The maximum atomic E-state index is 10.7. The minimum atomic E-state index is -3.62. The fraction of sp³-hybridized carbons (Fsp3) is 0.250. The van der Waals surface area contributed by atoms with Gasteiger partial charge in [-0.2, -0.15) is 0 Å². The average molecular weight is 250 g/mol.